The van der Waals surface area contributed by atoms with E-state index in [0.29, 0.717) is 0 Å². The number of halogens is 3. The number of hydrogen-bond acceptors (Lipinski definition) is 5. The Labute approximate surface area is 127 Å². The number of nitrogens with one attached hydrogen (secondary N) is 1. The Bertz CT molecular complexity index is 892. The van der Waals surface area contributed by atoms with Crippen LogP contribution in [0.2, 0.25) is 0 Å². The number of ether oxygens (including phenoxy) is 1. The fraction of sp³-hybridized carbons (Fsp3) is 0.417. The standard InChI is InChI=1S/C12H11F3N2O5S/c13-7-3-8-9(22-12(18)16-8)4-10(7)23(19,20)17-2-1-6(5-17)21-11(14)15/h3-4,6,11H,1-2,5H2,(H,16,18)/t6-/m0/s1. The third kappa shape index (κ3) is 2.99. The number of nitrogens with zero attached hydrogens (tertiary/aromatic N) is 1. The van der Waals surface area contributed by atoms with Crippen molar-refractivity contribution in [1.29, 1.82) is 0 Å². The van der Waals surface area contributed by atoms with Gasteiger partial charge in [0.05, 0.1) is 11.6 Å². The minimum atomic E-state index is -4.26. The molecule has 0 unspecified atom stereocenters. The number of oxazole rings is 1. The van der Waals surface area contributed by atoms with Crippen LogP contribution in [-0.2, 0) is 14.8 Å². The molecule has 1 N–H and O–H groups in total. The zero-order valence-corrected chi connectivity index (χ0v) is 12.3. The summed E-state index contributed by atoms with van der Waals surface area (Å²) >= 11 is 0. The number of fused-ring (bicyclic) bond motifs is 1. The highest BCUT2D eigenvalue weighted by atomic mass is 32.2. The summed E-state index contributed by atoms with van der Waals surface area (Å²) in [7, 11) is -4.26. The number of aromatic nitrogens is 1. The summed E-state index contributed by atoms with van der Waals surface area (Å²) in [6, 6.07) is 1.72. The van der Waals surface area contributed by atoms with E-state index in [-0.39, 0.29) is 30.6 Å². The summed E-state index contributed by atoms with van der Waals surface area (Å²) < 4.78 is 73.2. The largest absolute Gasteiger partial charge is 0.417 e. The molecule has 23 heavy (non-hydrogen) atoms. The van der Waals surface area contributed by atoms with Crippen LogP contribution in [0.1, 0.15) is 6.42 Å². The van der Waals surface area contributed by atoms with Gasteiger partial charge in [-0.05, 0) is 6.42 Å². The van der Waals surface area contributed by atoms with E-state index >= 15 is 0 Å². The molecule has 1 atom stereocenters. The molecule has 0 amide bonds. The van der Waals surface area contributed by atoms with Crippen LogP contribution in [-0.4, -0.2) is 43.5 Å². The van der Waals surface area contributed by atoms with Gasteiger partial charge in [0.25, 0.3) is 0 Å². The zero-order chi connectivity index (χ0) is 16.8. The summed E-state index contributed by atoms with van der Waals surface area (Å²) in [6.07, 6.45) is -0.881. The smallest absolute Gasteiger partial charge is 0.408 e. The van der Waals surface area contributed by atoms with Crippen LogP contribution in [0, 0.1) is 5.82 Å². The third-order valence-corrected chi connectivity index (χ3v) is 5.37. The number of aromatic amines is 1. The van der Waals surface area contributed by atoms with E-state index in [4.69, 9.17) is 4.42 Å². The molecular formula is C12H11F3N2O5S. The first-order valence-electron chi connectivity index (χ1n) is 6.53. The minimum Gasteiger partial charge on any atom is -0.408 e. The van der Waals surface area contributed by atoms with Gasteiger partial charge in [-0.1, -0.05) is 0 Å². The average Bonchev–Trinajstić information content (AvgIpc) is 3.02. The second-order valence-corrected chi connectivity index (χ2v) is 6.87. The molecule has 0 bridgehead atoms. The van der Waals surface area contributed by atoms with Crippen LogP contribution in [0.3, 0.4) is 0 Å². The maximum Gasteiger partial charge on any atom is 0.417 e. The molecule has 126 valence electrons. The van der Waals surface area contributed by atoms with Gasteiger partial charge in [-0.2, -0.15) is 13.1 Å². The maximum atomic E-state index is 14.1. The predicted octanol–water partition coefficient (Wildman–Crippen LogP) is 1.26. The lowest BCUT2D eigenvalue weighted by atomic mass is 10.3. The van der Waals surface area contributed by atoms with Gasteiger partial charge in [0.15, 0.2) is 5.58 Å². The van der Waals surface area contributed by atoms with E-state index in [1.54, 1.807) is 0 Å². The Hall–Kier alpha value is -1.85. The predicted molar refractivity (Wildman–Crippen MR) is 71.0 cm³/mol. The maximum absolute atomic E-state index is 14.1. The van der Waals surface area contributed by atoms with Gasteiger partial charge in [-0.3, -0.25) is 4.98 Å². The molecule has 0 saturated carbocycles. The molecule has 1 aliphatic heterocycles. The normalized spacial score (nSPS) is 19.9. The summed E-state index contributed by atoms with van der Waals surface area (Å²) in [5.74, 6) is -1.92. The molecule has 1 aliphatic rings. The van der Waals surface area contributed by atoms with Crippen molar-refractivity contribution in [2.24, 2.45) is 0 Å². The van der Waals surface area contributed by atoms with Gasteiger partial charge in [0, 0.05) is 25.2 Å². The second-order valence-electron chi connectivity index (χ2n) is 4.96. The average molecular weight is 352 g/mol. The first-order valence-corrected chi connectivity index (χ1v) is 7.97. The second kappa shape index (κ2) is 5.65. The van der Waals surface area contributed by atoms with E-state index < -0.39 is 39.2 Å². The Kier molecular flexibility index (Phi) is 3.94. The highest BCUT2D eigenvalue weighted by Gasteiger charge is 2.36. The minimum absolute atomic E-state index is 0.0202. The van der Waals surface area contributed by atoms with Gasteiger partial charge >= 0.3 is 12.4 Å². The number of hydrogen-bond donors (Lipinski definition) is 1. The summed E-state index contributed by atoms with van der Waals surface area (Å²) in [5.41, 5.74) is -0.0960. The number of benzene rings is 1. The van der Waals surface area contributed by atoms with Crippen LogP contribution in [0.5, 0.6) is 0 Å². The van der Waals surface area contributed by atoms with E-state index in [0.717, 1.165) is 16.4 Å². The van der Waals surface area contributed by atoms with Crippen LogP contribution in [0.4, 0.5) is 13.2 Å². The third-order valence-electron chi connectivity index (χ3n) is 3.49. The van der Waals surface area contributed by atoms with Crippen LogP contribution in [0.15, 0.2) is 26.2 Å². The lowest BCUT2D eigenvalue weighted by Gasteiger charge is -2.17. The van der Waals surface area contributed by atoms with Crippen molar-refractivity contribution < 1.29 is 30.7 Å². The molecule has 2 aromatic rings. The van der Waals surface area contributed by atoms with E-state index in [1.165, 1.54) is 0 Å². The molecule has 11 heteroatoms. The van der Waals surface area contributed by atoms with Crippen LogP contribution in [0.25, 0.3) is 11.1 Å². The quantitative estimate of drug-likeness (QED) is 0.894. The molecule has 1 fully saturated rings. The first-order chi connectivity index (χ1) is 10.8. The molecule has 0 radical (unpaired) electrons. The molecule has 1 saturated heterocycles. The number of H-pyrrole nitrogens is 1. The SMILES string of the molecule is O=c1[nH]c2cc(F)c(S(=O)(=O)N3CC[C@H](OC(F)F)C3)cc2o1. The number of alkyl halides is 2. The highest BCUT2D eigenvalue weighted by molar-refractivity contribution is 7.89. The van der Waals surface area contributed by atoms with Crippen LogP contribution < -0.4 is 5.76 Å². The van der Waals surface area contributed by atoms with Crippen molar-refractivity contribution in [2.45, 2.75) is 24.0 Å². The van der Waals surface area contributed by atoms with Gasteiger partial charge in [0.2, 0.25) is 10.0 Å². The first kappa shape index (κ1) is 16.0. The number of rotatable bonds is 4. The fourth-order valence-corrected chi connectivity index (χ4v) is 4.01. The van der Waals surface area contributed by atoms with Gasteiger partial charge in [-0.25, -0.2) is 17.6 Å². The molecule has 1 aromatic heterocycles. The van der Waals surface area contributed by atoms with Crippen molar-refractivity contribution in [3.63, 3.8) is 0 Å². The molecule has 7 nitrogen and oxygen atoms in total. The summed E-state index contributed by atoms with van der Waals surface area (Å²) in [4.78, 5) is 12.6. The summed E-state index contributed by atoms with van der Waals surface area (Å²) in [5, 5.41) is 0. The van der Waals surface area contributed by atoms with Crippen molar-refractivity contribution in [1.82, 2.24) is 9.29 Å². The topological polar surface area (TPSA) is 92.6 Å². The summed E-state index contributed by atoms with van der Waals surface area (Å²) in [6.45, 7) is -3.39. The molecular weight excluding hydrogens is 341 g/mol. The molecule has 0 aliphatic carbocycles. The lowest BCUT2D eigenvalue weighted by molar-refractivity contribution is -0.157. The molecule has 2 heterocycles. The lowest BCUT2D eigenvalue weighted by Crippen LogP contribution is -2.31. The fourth-order valence-electron chi connectivity index (χ4n) is 2.46. The highest BCUT2D eigenvalue weighted by Crippen LogP contribution is 2.27. The Balaban J connectivity index is 1.94. The van der Waals surface area contributed by atoms with Gasteiger partial charge < -0.3 is 9.15 Å². The van der Waals surface area contributed by atoms with Crippen LogP contribution >= 0.6 is 0 Å². The molecule has 1 aromatic carbocycles. The van der Waals surface area contributed by atoms with Gasteiger partial charge in [-0.15, -0.1) is 0 Å². The Morgan fingerprint density at radius 1 is 1.39 bits per heavy atom. The van der Waals surface area contributed by atoms with E-state index in [1.807, 2.05) is 0 Å². The molecule has 0 spiro atoms. The van der Waals surface area contributed by atoms with Crippen molar-refractivity contribution in [3.05, 3.63) is 28.5 Å². The monoisotopic (exact) mass is 352 g/mol. The van der Waals surface area contributed by atoms with Gasteiger partial charge in [0.1, 0.15) is 10.7 Å². The van der Waals surface area contributed by atoms with E-state index in [2.05, 4.69) is 9.72 Å². The van der Waals surface area contributed by atoms with Crippen molar-refractivity contribution >= 4 is 21.1 Å². The molecule has 3 rings (SSSR count). The number of sulfonamides is 1. The van der Waals surface area contributed by atoms with Crippen molar-refractivity contribution in [2.75, 3.05) is 13.1 Å². The van der Waals surface area contributed by atoms with Crippen molar-refractivity contribution in [3.8, 4) is 0 Å². The van der Waals surface area contributed by atoms with E-state index in [9.17, 15) is 26.4 Å². The zero-order valence-electron chi connectivity index (χ0n) is 11.5. The Morgan fingerprint density at radius 2 is 2.13 bits per heavy atom. The Morgan fingerprint density at radius 3 is 2.83 bits per heavy atom.